The smallest absolute Gasteiger partial charge is 0.389 e. The fraction of sp³-hybridized carbons (Fsp3) is 0.333. The summed E-state index contributed by atoms with van der Waals surface area (Å²) in [6.07, 6.45) is -1.47. The maximum absolute atomic E-state index is 12.7. The third kappa shape index (κ3) is 2.11. The van der Waals surface area contributed by atoms with Gasteiger partial charge in [-0.1, -0.05) is 30.4 Å². The fourth-order valence-corrected chi connectivity index (χ4v) is 1.99. The zero-order valence-electron chi connectivity index (χ0n) is 8.41. The number of aliphatic hydroxyl groups excluding tert-OH is 1. The number of aliphatic hydroxyl groups is 1. The van der Waals surface area contributed by atoms with E-state index in [4.69, 9.17) is 0 Å². The Labute approximate surface area is 91.2 Å². The Bertz CT molecular complexity index is 409. The van der Waals surface area contributed by atoms with E-state index in [2.05, 4.69) is 0 Å². The normalized spacial score (nSPS) is 25.0. The van der Waals surface area contributed by atoms with Gasteiger partial charge in [0.1, 0.15) is 0 Å². The molecule has 2 atom stereocenters. The maximum atomic E-state index is 12.7. The highest BCUT2D eigenvalue weighted by atomic mass is 19.4. The van der Waals surface area contributed by atoms with Crippen LogP contribution in [0.1, 0.15) is 23.5 Å². The monoisotopic (exact) mass is 228 g/mol. The van der Waals surface area contributed by atoms with Crippen molar-refractivity contribution < 1.29 is 18.3 Å². The summed E-state index contributed by atoms with van der Waals surface area (Å²) in [5.41, 5.74) is -0.374. The molecule has 1 N–H and O–H groups in total. The lowest BCUT2D eigenvalue weighted by atomic mass is 9.93. The van der Waals surface area contributed by atoms with Crippen molar-refractivity contribution in [2.24, 2.45) is 0 Å². The number of rotatable bonds is 1. The van der Waals surface area contributed by atoms with Crippen molar-refractivity contribution in [2.75, 3.05) is 0 Å². The second-order valence-electron chi connectivity index (χ2n) is 3.88. The molecule has 0 bridgehead atoms. The van der Waals surface area contributed by atoms with Gasteiger partial charge in [-0.15, -0.1) is 0 Å². The van der Waals surface area contributed by atoms with Crippen LogP contribution in [0, 0.1) is 0 Å². The topological polar surface area (TPSA) is 20.2 Å². The molecule has 0 saturated carbocycles. The Kier molecular flexibility index (Phi) is 2.76. The molecule has 1 aromatic rings. The summed E-state index contributed by atoms with van der Waals surface area (Å²) < 4.78 is 38.1. The van der Waals surface area contributed by atoms with Crippen LogP contribution in [0.3, 0.4) is 0 Å². The molecule has 4 heteroatoms. The molecule has 0 heterocycles. The fourth-order valence-electron chi connectivity index (χ4n) is 1.99. The number of benzene rings is 1. The molecule has 1 aliphatic carbocycles. The molecule has 0 unspecified atom stereocenters. The number of alkyl halides is 3. The van der Waals surface area contributed by atoms with Crippen molar-refractivity contribution in [2.45, 2.75) is 24.6 Å². The van der Waals surface area contributed by atoms with Crippen molar-refractivity contribution in [3.05, 3.63) is 47.5 Å². The van der Waals surface area contributed by atoms with Gasteiger partial charge in [0, 0.05) is 5.92 Å². The Morgan fingerprint density at radius 1 is 1.12 bits per heavy atom. The summed E-state index contributed by atoms with van der Waals surface area (Å²) in [7, 11) is 0. The van der Waals surface area contributed by atoms with Crippen molar-refractivity contribution in [3.63, 3.8) is 0 Å². The number of hydrogen-bond acceptors (Lipinski definition) is 1. The molecule has 0 spiro atoms. The Morgan fingerprint density at radius 3 is 2.38 bits per heavy atom. The number of allylic oxidation sites excluding steroid dienone is 1. The number of hydrogen-bond donors (Lipinski definition) is 1. The number of halogens is 3. The van der Waals surface area contributed by atoms with E-state index < -0.39 is 17.8 Å². The van der Waals surface area contributed by atoms with Crippen LogP contribution in [0.2, 0.25) is 0 Å². The Balaban J connectivity index is 2.38. The molecule has 16 heavy (non-hydrogen) atoms. The standard InChI is InChI=1S/C12H11F3O/c13-12(14,15)11-4-2-1-3-10(11)8-5-6-9(16)7-8/h1-6,8-9,16H,7H2/t8-,9+/m0/s1. The van der Waals surface area contributed by atoms with Gasteiger partial charge in [-0.3, -0.25) is 0 Å². The average Bonchev–Trinajstić information content (AvgIpc) is 2.64. The van der Waals surface area contributed by atoms with Crippen molar-refractivity contribution in [1.29, 1.82) is 0 Å². The van der Waals surface area contributed by atoms with Crippen molar-refractivity contribution in [3.8, 4) is 0 Å². The van der Waals surface area contributed by atoms with Gasteiger partial charge < -0.3 is 5.11 Å². The molecule has 0 amide bonds. The summed E-state index contributed by atoms with van der Waals surface area (Å²) in [5.74, 6) is -0.340. The quantitative estimate of drug-likeness (QED) is 0.732. The lowest BCUT2D eigenvalue weighted by Gasteiger charge is -2.16. The van der Waals surface area contributed by atoms with Gasteiger partial charge in [0.05, 0.1) is 11.7 Å². The van der Waals surface area contributed by atoms with E-state index in [9.17, 15) is 18.3 Å². The van der Waals surface area contributed by atoms with E-state index in [1.807, 2.05) is 0 Å². The summed E-state index contributed by atoms with van der Waals surface area (Å²) in [5, 5.41) is 9.29. The van der Waals surface area contributed by atoms with Crippen molar-refractivity contribution in [1.82, 2.24) is 0 Å². The van der Waals surface area contributed by atoms with Crippen LogP contribution in [0.4, 0.5) is 13.2 Å². The molecule has 0 aliphatic heterocycles. The van der Waals surface area contributed by atoms with Crippen LogP contribution in [0.25, 0.3) is 0 Å². The zero-order valence-corrected chi connectivity index (χ0v) is 8.41. The lowest BCUT2D eigenvalue weighted by molar-refractivity contribution is -0.138. The predicted octanol–water partition coefficient (Wildman–Crippen LogP) is 3.11. The van der Waals surface area contributed by atoms with E-state index >= 15 is 0 Å². The van der Waals surface area contributed by atoms with E-state index in [1.54, 1.807) is 12.1 Å². The minimum absolute atomic E-state index is 0.239. The molecular weight excluding hydrogens is 217 g/mol. The van der Waals surface area contributed by atoms with E-state index in [0.29, 0.717) is 6.42 Å². The van der Waals surface area contributed by atoms with Crippen LogP contribution in [0.5, 0.6) is 0 Å². The first kappa shape index (κ1) is 11.2. The van der Waals surface area contributed by atoms with Gasteiger partial charge in [-0.25, -0.2) is 0 Å². The van der Waals surface area contributed by atoms with E-state index in [-0.39, 0.29) is 11.5 Å². The van der Waals surface area contributed by atoms with Crippen LogP contribution >= 0.6 is 0 Å². The summed E-state index contributed by atoms with van der Waals surface area (Å²) in [6, 6.07) is 5.51. The summed E-state index contributed by atoms with van der Waals surface area (Å²) >= 11 is 0. The predicted molar refractivity (Wildman–Crippen MR) is 53.9 cm³/mol. The average molecular weight is 228 g/mol. The molecule has 86 valence electrons. The van der Waals surface area contributed by atoms with Gasteiger partial charge in [-0.2, -0.15) is 13.2 Å². The Morgan fingerprint density at radius 2 is 1.81 bits per heavy atom. The summed E-state index contributed by atoms with van der Waals surface area (Å²) in [4.78, 5) is 0. The van der Waals surface area contributed by atoms with Gasteiger partial charge in [0.15, 0.2) is 0 Å². The molecular formula is C12H11F3O. The molecule has 0 fully saturated rings. The zero-order chi connectivity index (χ0) is 11.8. The molecule has 1 aliphatic rings. The minimum atomic E-state index is -4.34. The van der Waals surface area contributed by atoms with Gasteiger partial charge in [0.25, 0.3) is 0 Å². The molecule has 0 aromatic heterocycles. The Hall–Kier alpha value is -1.29. The van der Waals surface area contributed by atoms with Gasteiger partial charge >= 0.3 is 6.18 Å². The largest absolute Gasteiger partial charge is 0.416 e. The molecule has 0 radical (unpaired) electrons. The SMILES string of the molecule is O[C@@H]1C=C[C@H](c2ccccc2C(F)(F)F)C1. The first-order valence-corrected chi connectivity index (χ1v) is 5.01. The van der Waals surface area contributed by atoms with Gasteiger partial charge in [-0.05, 0) is 18.1 Å². The minimum Gasteiger partial charge on any atom is -0.389 e. The van der Waals surface area contributed by atoms with Crippen molar-refractivity contribution >= 4 is 0 Å². The second-order valence-corrected chi connectivity index (χ2v) is 3.88. The third-order valence-corrected chi connectivity index (χ3v) is 2.73. The second kappa shape index (κ2) is 3.94. The molecule has 1 aromatic carbocycles. The highest BCUT2D eigenvalue weighted by Crippen LogP contribution is 2.38. The molecule has 1 nitrogen and oxygen atoms in total. The lowest BCUT2D eigenvalue weighted by Crippen LogP contribution is -2.11. The molecule has 2 rings (SSSR count). The maximum Gasteiger partial charge on any atom is 0.416 e. The van der Waals surface area contributed by atoms with Crippen LogP contribution < -0.4 is 0 Å². The first-order valence-electron chi connectivity index (χ1n) is 5.01. The van der Waals surface area contributed by atoms with E-state index in [0.717, 1.165) is 6.07 Å². The van der Waals surface area contributed by atoms with E-state index in [1.165, 1.54) is 18.2 Å². The summed E-state index contributed by atoms with van der Waals surface area (Å²) in [6.45, 7) is 0. The highest BCUT2D eigenvalue weighted by molar-refractivity contribution is 5.36. The van der Waals surface area contributed by atoms with Crippen LogP contribution in [-0.2, 0) is 6.18 Å². The first-order chi connectivity index (χ1) is 7.48. The van der Waals surface area contributed by atoms with Crippen LogP contribution in [0.15, 0.2) is 36.4 Å². The molecule has 0 saturated heterocycles. The van der Waals surface area contributed by atoms with Gasteiger partial charge in [0.2, 0.25) is 0 Å². The van der Waals surface area contributed by atoms with Crippen LogP contribution in [-0.4, -0.2) is 11.2 Å². The third-order valence-electron chi connectivity index (χ3n) is 2.73. The highest BCUT2D eigenvalue weighted by Gasteiger charge is 2.35.